The number of H-pyrrole nitrogens is 1. The fraction of sp³-hybridized carbons (Fsp3) is 0.0588. The van der Waals surface area contributed by atoms with Gasteiger partial charge < -0.3 is 10.3 Å². The van der Waals surface area contributed by atoms with Crippen molar-refractivity contribution < 1.29 is 4.79 Å². The number of nitrogens with one attached hydrogen (secondary N) is 2. The van der Waals surface area contributed by atoms with Crippen LogP contribution in [0.1, 0.15) is 17.3 Å². The van der Waals surface area contributed by atoms with Crippen molar-refractivity contribution >= 4 is 68.7 Å². The maximum Gasteiger partial charge on any atom is 0.202 e. The molecular weight excluding hydrogens is 401 g/mol. The van der Waals surface area contributed by atoms with Gasteiger partial charge in [0.2, 0.25) is 5.43 Å². The van der Waals surface area contributed by atoms with E-state index in [0.29, 0.717) is 10.7 Å². The van der Waals surface area contributed by atoms with Gasteiger partial charge in [0.15, 0.2) is 5.78 Å². The van der Waals surface area contributed by atoms with Gasteiger partial charge in [0.1, 0.15) is 17.1 Å². The van der Waals surface area contributed by atoms with Gasteiger partial charge in [-0.05, 0) is 42.4 Å². The number of pyridine rings is 1. The molecule has 0 aliphatic carbocycles. The lowest BCUT2D eigenvalue weighted by molar-refractivity contribution is 0.101. The van der Waals surface area contributed by atoms with Gasteiger partial charge in [-0.15, -0.1) is 4.91 Å². The molecule has 1 aromatic heterocycles. The Labute approximate surface area is 162 Å². The normalized spacial score (nSPS) is 10.8. The number of aromatic nitrogens is 1. The van der Waals surface area contributed by atoms with E-state index in [1.807, 2.05) is 0 Å². The van der Waals surface area contributed by atoms with Crippen LogP contribution in [0, 0.1) is 4.91 Å². The number of anilines is 2. The van der Waals surface area contributed by atoms with Crippen LogP contribution in [0.3, 0.4) is 0 Å². The molecule has 26 heavy (non-hydrogen) atoms. The van der Waals surface area contributed by atoms with Gasteiger partial charge in [0.05, 0.1) is 21.6 Å². The number of halogens is 3. The summed E-state index contributed by atoms with van der Waals surface area (Å²) in [5, 5.41) is 6.77. The third-order valence-electron chi connectivity index (χ3n) is 3.70. The largest absolute Gasteiger partial charge is 0.340 e. The molecule has 0 amide bonds. The third kappa shape index (κ3) is 3.31. The lowest BCUT2D eigenvalue weighted by Gasteiger charge is -2.14. The minimum absolute atomic E-state index is 0.0510. The maximum atomic E-state index is 12.8. The van der Waals surface area contributed by atoms with E-state index in [4.69, 9.17) is 34.8 Å². The Morgan fingerprint density at radius 3 is 2.46 bits per heavy atom. The first-order valence-electron chi connectivity index (χ1n) is 7.27. The molecule has 3 rings (SSSR count). The first-order chi connectivity index (χ1) is 12.3. The van der Waals surface area contributed by atoms with Gasteiger partial charge in [0, 0.05) is 10.0 Å². The van der Waals surface area contributed by atoms with Crippen molar-refractivity contribution in [2.75, 3.05) is 5.32 Å². The Hall–Kier alpha value is -2.41. The van der Waals surface area contributed by atoms with E-state index >= 15 is 0 Å². The lowest BCUT2D eigenvalue weighted by atomic mass is 10.1. The van der Waals surface area contributed by atoms with E-state index in [-0.39, 0.29) is 38.0 Å². The molecule has 0 aliphatic rings. The summed E-state index contributed by atoms with van der Waals surface area (Å²) in [5.74, 6) is -0.382. The van der Waals surface area contributed by atoms with Gasteiger partial charge in [0.25, 0.3) is 0 Å². The Morgan fingerprint density at radius 1 is 1.12 bits per heavy atom. The van der Waals surface area contributed by atoms with Crippen molar-refractivity contribution in [1.82, 2.24) is 4.98 Å². The molecule has 0 unspecified atom stereocenters. The first kappa shape index (κ1) is 18.4. The van der Waals surface area contributed by atoms with E-state index in [1.165, 1.54) is 25.1 Å². The number of nitrogens with zero attached hydrogens (tertiary/aromatic N) is 1. The number of aromatic amines is 1. The van der Waals surface area contributed by atoms with Crippen LogP contribution in [0.15, 0.2) is 40.3 Å². The van der Waals surface area contributed by atoms with Crippen molar-refractivity contribution in [2.24, 2.45) is 5.18 Å². The zero-order valence-electron chi connectivity index (χ0n) is 13.2. The highest BCUT2D eigenvalue weighted by atomic mass is 35.5. The van der Waals surface area contributed by atoms with Crippen LogP contribution >= 0.6 is 34.8 Å². The highest BCUT2D eigenvalue weighted by molar-refractivity contribution is 6.36. The van der Waals surface area contributed by atoms with Crippen LogP contribution in [0.5, 0.6) is 0 Å². The van der Waals surface area contributed by atoms with Gasteiger partial charge in [-0.3, -0.25) is 9.59 Å². The zero-order chi connectivity index (χ0) is 19.0. The van der Waals surface area contributed by atoms with E-state index in [2.05, 4.69) is 15.5 Å². The number of carbonyl (C=O) groups excluding carboxylic acids is 1. The molecule has 9 heteroatoms. The Balaban J connectivity index is 2.31. The van der Waals surface area contributed by atoms with Crippen molar-refractivity contribution in [2.45, 2.75) is 6.92 Å². The van der Waals surface area contributed by atoms with Gasteiger partial charge in [-0.25, -0.2) is 0 Å². The summed E-state index contributed by atoms with van der Waals surface area (Å²) in [6.45, 7) is 1.26. The lowest BCUT2D eigenvalue weighted by Crippen LogP contribution is -2.17. The van der Waals surface area contributed by atoms with E-state index in [9.17, 15) is 14.5 Å². The monoisotopic (exact) mass is 409 g/mol. The minimum atomic E-state index is -0.578. The Kier molecular flexibility index (Phi) is 5.00. The quantitative estimate of drug-likeness (QED) is 0.418. The molecule has 1 heterocycles. The second kappa shape index (κ2) is 7.07. The topological polar surface area (TPSA) is 91.4 Å². The molecule has 0 saturated heterocycles. The first-order valence-corrected chi connectivity index (χ1v) is 8.41. The Morgan fingerprint density at radius 2 is 1.85 bits per heavy atom. The smallest absolute Gasteiger partial charge is 0.202 e. The van der Waals surface area contributed by atoms with Gasteiger partial charge >= 0.3 is 0 Å². The van der Waals surface area contributed by atoms with Gasteiger partial charge in [-0.1, -0.05) is 34.8 Å². The molecule has 6 nitrogen and oxygen atoms in total. The summed E-state index contributed by atoms with van der Waals surface area (Å²) in [6.07, 6.45) is 0. The summed E-state index contributed by atoms with van der Waals surface area (Å²) in [5.41, 5.74) is -0.172. The predicted molar refractivity (Wildman–Crippen MR) is 105 cm³/mol. The molecule has 0 bridgehead atoms. The summed E-state index contributed by atoms with van der Waals surface area (Å²) in [6, 6.07) is 7.39. The summed E-state index contributed by atoms with van der Waals surface area (Å²) in [7, 11) is 0. The number of hydrogen-bond acceptors (Lipinski definition) is 5. The summed E-state index contributed by atoms with van der Waals surface area (Å²) < 4.78 is 0. The van der Waals surface area contributed by atoms with Crippen LogP contribution in [0.25, 0.3) is 10.9 Å². The van der Waals surface area contributed by atoms with Crippen LogP contribution in [-0.2, 0) is 0 Å². The van der Waals surface area contributed by atoms with Crippen LogP contribution in [-0.4, -0.2) is 10.8 Å². The predicted octanol–water partition coefficient (Wildman–Crippen LogP) is 5.83. The molecule has 2 aromatic carbocycles. The molecule has 3 aromatic rings. The maximum absolute atomic E-state index is 12.8. The number of Topliss-reactive ketones (excluding diaryl/α,β-unsaturated/α-hetero) is 1. The number of carbonyl (C=O) groups is 1. The fourth-order valence-electron chi connectivity index (χ4n) is 2.57. The average molecular weight is 411 g/mol. The second-order valence-electron chi connectivity index (χ2n) is 5.45. The van der Waals surface area contributed by atoms with E-state index in [0.717, 1.165) is 0 Å². The zero-order valence-corrected chi connectivity index (χ0v) is 15.5. The average Bonchev–Trinajstić information content (AvgIpc) is 2.57. The Bertz CT molecular complexity index is 1130. The number of ketones is 1. The SMILES string of the molecule is CC(=O)c1c(Nc2ccc(Cl)cc2Cl)[nH]c2c(N=O)cc(Cl)cc2c1=O. The number of rotatable bonds is 4. The molecule has 0 fully saturated rings. The number of nitroso groups, excluding NO2 is 1. The molecule has 0 radical (unpaired) electrons. The third-order valence-corrected chi connectivity index (χ3v) is 4.46. The van der Waals surface area contributed by atoms with Crippen molar-refractivity contribution in [3.63, 3.8) is 0 Å². The summed E-state index contributed by atoms with van der Waals surface area (Å²) in [4.78, 5) is 38.9. The molecular formula is C17H10Cl3N3O3. The standard InChI is InChI=1S/C17H10Cl3N3O3/c1-7(24)14-16(25)10-4-9(19)6-13(23-26)15(10)22-17(14)21-12-3-2-8(18)5-11(12)20/h2-6H,1H3,(H2,21,22,25). The molecule has 2 N–H and O–H groups in total. The fourth-order valence-corrected chi connectivity index (χ4v) is 3.23. The van der Waals surface area contributed by atoms with Crippen LogP contribution < -0.4 is 10.7 Å². The molecule has 0 saturated carbocycles. The van der Waals surface area contributed by atoms with Crippen molar-refractivity contribution in [1.29, 1.82) is 0 Å². The highest BCUT2D eigenvalue weighted by Gasteiger charge is 2.19. The van der Waals surface area contributed by atoms with Crippen LogP contribution in [0.4, 0.5) is 17.2 Å². The highest BCUT2D eigenvalue weighted by Crippen LogP contribution is 2.32. The molecule has 0 aliphatic heterocycles. The number of fused-ring (bicyclic) bond motifs is 1. The molecule has 0 atom stereocenters. The van der Waals surface area contributed by atoms with Crippen molar-refractivity contribution in [3.05, 3.63) is 66.1 Å². The van der Waals surface area contributed by atoms with Gasteiger partial charge in [-0.2, -0.15) is 0 Å². The molecule has 132 valence electrons. The molecule has 0 spiro atoms. The van der Waals surface area contributed by atoms with Crippen LogP contribution in [0.2, 0.25) is 15.1 Å². The second-order valence-corrected chi connectivity index (χ2v) is 6.73. The summed E-state index contributed by atoms with van der Waals surface area (Å²) >= 11 is 17.9. The van der Waals surface area contributed by atoms with E-state index < -0.39 is 11.2 Å². The van der Waals surface area contributed by atoms with E-state index in [1.54, 1.807) is 12.1 Å². The number of hydrogen-bond donors (Lipinski definition) is 2. The number of benzene rings is 2. The minimum Gasteiger partial charge on any atom is -0.340 e. The van der Waals surface area contributed by atoms with Crippen molar-refractivity contribution in [3.8, 4) is 0 Å².